The van der Waals surface area contributed by atoms with Gasteiger partial charge in [0.15, 0.2) is 12.6 Å². The molecule has 0 amide bonds. The maximum Gasteiger partial charge on any atom is 0.306 e. The minimum atomic E-state index is -1.72. The molecular weight excluding hydrogens is 933 g/mol. The molecule has 0 spiro atoms. The zero-order chi connectivity index (χ0) is 53.0. The van der Waals surface area contributed by atoms with Gasteiger partial charge in [-0.25, -0.2) is 0 Å². The van der Waals surface area contributed by atoms with E-state index in [9.17, 15) is 40.5 Å². The number of carbonyl (C=O) groups excluding carboxylic acids is 1. The van der Waals surface area contributed by atoms with E-state index >= 15 is 0 Å². The molecule has 0 aromatic heterocycles. The largest absolute Gasteiger partial charge is 0.457 e. The van der Waals surface area contributed by atoms with Crippen molar-refractivity contribution in [3.8, 4) is 0 Å². The van der Waals surface area contributed by atoms with Crippen molar-refractivity contribution >= 4 is 5.97 Å². The minimum absolute atomic E-state index is 0.0175. The zero-order valence-electron chi connectivity index (χ0n) is 44.6. The van der Waals surface area contributed by atoms with E-state index in [1.54, 1.807) is 0 Å². The highest BCUT2D eigenvalue weighted by Gasteiger charge is 2.47. The molecule has 418 valence electrons. The predicted octanol–water partition coefficient (Wildman–Crippen LogP) is 9.41. The van der Waals surface area contributed by atoms with E-state index in [0.717, 1.165) is 89.9 Å². The predicted molar refractivity (Wildman–Crippen MR) is 288 cm³/mol. The summed E-state index contributed by atoms with van der Waals surface area (Å²) in [7, 11) is 0. The number of aliphatic hydroxyl groups is 7. The monoisotopic (exact) mass is 1030 g/mol. The van der Waals surface area contributed by atoms with Gasteiger partial charge < -0.3 is 64.2 Å². The fourth-order valence-corrected chi connectivity index (χ4v) is 8.16. The summed E-state index contributed by atoms with van der Waals surface area (Å²) in [5.74, 6) is -0.401. The molecule has 2 saturated heterocycles. The molecule has 2 fully saturated rings. The van der Waals surface area contributed by atoms with Gasteiger partial charge in [0.25, 0.3) is 0 Å². The van der Waals surface area contributed by atoms with E-state index in [1.165, 1.54) is 51.4 Å². The molecule has 11 unspecified atom stereocenters. The number of allylic oxidation sites excluding steroid dienone is 16. The maximum atomic E-state index is 13.1. The second kappa shape index (κ2) is 45.1. The van der Waals surface area contributed by atoms with Gasteiger partial charge in [0.1, 0.15) is 54.9 Å². The highest BCUT2D eigenvalue weighted by atomic mass is 16.7. The smallest absolute Gasteiger partial charge is 0.306 e. The molecule has 14 heteroatoms. The summed E-state index contributed by atoms with van der Waals surface area (Å²) in [6.07, 6.45) is 43.4. The molecular formula is C59H98O14. The van der Waals surface area contributed by atoms with Gasteiger partial charge in [-0.2, -0.15) is 0 Å². The molecule has 0 aromatic rings. The van der Waals surface area contributed by atoms with Crippen molar-refractivity contribution < 1.29 is 69.0 Å². The highest BCUT2D eigenvalue weighted by Crippen LogP contribution is 2.26. The van der Waals surface area contributed by atoms with Crippen LogP contribution in [0.2, 0.25) is 0 Å². The first-order chi connectivity index (χ1) is 35.6. The van der Waals surface area contributed by atoms with Crippen LogP contribution in [-0.4, -0.2) is 142 Å². The average Bonchev–Trinajstić information content (AvgIpc) is 3.39. The van der Waals surface area contributed by atoms with E-state index < -0.39 is 86.7 Å². The molecule has 0 aromatic carbocycles. The lowest BCUT2D eigenvalue weighted by atomic mass is 9.98. The third kappa shape index (κ3) is 32.2. The molecule has 14 nitrogen and oxygen atoms in total. The molecule has 11 atom stereocenters. The van der Waals surface area contributed by atoms with Gasteiger partial charge in [0, 0.05) is 13.0 Å². The number of unbranched alkanes of at least 4 members (excludes halogenated alkanes) is 13. The van der Waals surface area contributed by atoms with Crippen LogP contribution in [0, 0.1) is 0 Å². The van der Waals surface area contributed by atoms with Crippen molar-refractivity contribution in [1.82, 2.24) is 0 Å². The number of aliphatic hydroxyl groups excluding tert-OH is 7. The summed E-state index contributed by atoms with van der Waals surface area (Å²) < 4.78 is 34.2. The Kier molecular flexibility index (Phi) is 40.8. The van der Waals surface area contributed by atoms with Crippen molar-refractivity contribution in [2.75, 3.05) is 33.0 Å². The SMILES string of the molecule is CC/C=C\C/C=C\C/C=C\C/C=C\CCCCCCCCCCCCCCC(=O)OC(COCCC/C=C\C/C=C\C/C=C\C/C=C\CC)COC1OC(COC2OC(CO)C(O)C(O)C2O)C(O)C(O)C1O. The van der Waals surface area contributed by atoms with Gasteiger partial charge in [0.2, 0.25) is 0 Å². The Morgan fingerprint density at radius 3 is 1.33 bits per heavy atom. The Labute approximate surface area is 439 Å². The zero-order valence-corrected chi connectivity index (χ0v) is 44.6. The number of hydrogen-bond acceptors (Lipinski definition) is 14. The van der Waals surface area contributed by atoms with Crippen LogP contribution in [0.3, 0.4) is 0 Å². The quantitative estimate of drug-likeness (QED) is 0.0172. The van der Waals surface area contributed by atoms with Crippen molar-refractivity contribution in [2.24, 2.45) is 0 Å². The molecule has 2 rings (SSSR count). The van der Waals surface area contributed by atoms with E-state index in [2.05, 4.69) is 111 Å². The fraction of sp³-hybridized carbons (Fsp3) is 0.712. The number of esters is 1. The number of rotatable bonds is 43. The molecule has 0 bridgehead atoms. The minimum Gasteiger partial charge on any atom is -0.457 e. The normalized spacial score (nSPS) is 25.7. The molecule has 2 aliphatic heterocycles. The first kappa shape index (κ1) is 66.0. The molecule has 0 aliphatic carbocycles. The van der Waals surface area contributed by atoms with Crippen LogP contribution < -0.4 is 0 Å². The van der Waals surface area contributed by atoms with E-state index in [4.69, 9.17) is 28.4 Å². The van der Waals surface area contributed by atoms with Gasteiger partial charge in [-0.1, -0.05) is 175 Å². The Bertz CT molecular complexity index is 1570. The lowest BCUT2D eigenvalue weighted by Gasteiger charge is -2.42. The topological polar surface area (TPSA) is 214 Å². The van der Waals surface area contributed by atoms with Crippen molar-refractivity contribution in [3.05, 3.63) is 97.2 Å². The summed E-state index contributed by atoms with van der Waals surface area (Å²) in [5, 5.41) is 72.2. The van der Waals surface area contributed by atoms with E-state index in [-0.39, 0.29) is 19.6 Å². The van der Waals surface area contributed by atoms with Gasteiger partial charge >= 0.3 is 5.97 Å². The van der Waals surface area contributed by atoms with E-state index in [1.807, 2.05) is 0 Å². The van der Waals surface area contributed by atoms with Crippen LogP contribution in [0.1, 0.15) is 168 Å². The third-order valence-electron chi connectivity index (χ3n) is 12.6. The number of ether oxygens (including phenoxy) is 6. The number of carbonyl (C=O) groups is 1. The maximum absolute atomic E-state index is 13.1. The van der Waals surface area contributed by atoms with Gasteiger partial charge in [-0.15, -0.1) is 0 Å². The standard InChI is InChI=1S/C59H98O14/c1-3-5-7-9-11-13-15-17-19-20-21-22-23-24-25-26-27-28-29-30-32-34-36-38-40-42-51(61)71-48(45-68-43-41-39-37-35-33-31-18-16-14-12-10-8-6-4-2)46-69-58-57(67)55(65)53(63)50(73-58)47-70-59-56(66)54(64)52(62)49(44-60)72-59/h5-8,11-14,17-19,21-22,31,35,37,48-50,52-60,62-67H,3-4,9-10,15-16,20,23-30,32-34,36,38-47H2,1-2H3/b7-5-,8-6-,13-11-,14-12-,19-17-,22-21-,31-18-,37-35-. The third-order valence-corrected chi connectivity index (χ3v) is 12.6. The molecule has 2 aliphatic rings. The van der Waals surface area contributed by atoms with Crippen LogP contribution in [0.4, 0.5) is 0 Å². The lowest BCUT2D eigenvalue weighted by Crippen LogP contribution is -2.61. The van der Waals surface area contributed by atoms with Gasteiger partial charge in [-0.3, -0.25) is 4.79 Å². The molecule has 0 saturated carbocycles. The Hall–Kier alpha value is -3.09. The Balaban J connectivity index is 1.72. The first-order valence-corrected chi connectivity index (χ1v) is 27.8. The summed E-state index contributed by atoms with van der Waals surface area (Å²) in [5.41, 5.74) is 0. The lowest BCUT2D eigenvalue weighted by molar-refractivity contribution is -0.332. The molecule has 0 radical (unpaired) electrons. The summed E-state index contributed by atoms with van der Waals surface area (Å²) in [6, 6.07) is 0. The fourth-order valence-electron chi connectivity index (χ4n) is 8.16. The van der Waals surface area contributed by atoms with Crippen LogP contribution in [-0.2, 0) is 33.2 Å². The second-order valence-electron chi connectivity index (χ2n) is 19.0. The summed E-state index contributed by atoms with van der Waals surface area (Å²) in [4.78, 5) is 13.1. The molecule has 2 heterocycles. The van der Waals surface area contributed by atoms with Crippen molar-refractivity contribution in [3.63, 3.8) is 0 Å². The van der Waals surface area contributed by atoms with Gasteiger partial charge in [-0.05, 0) is 83.5 Å². The first-order valence-electron chi connectivity index (χ1n) is 27.8. The van der Waals surface area contributed by atoms with Crippen molar-refractivity contribution in [2.45, 2.75) is 235 Å². The average molecular weight is 1030 g/mol. The highest BCUT2D eigenvalue weighted by molar-refractivity contribution is 5.69. The van der Waals surface area contributed by atoms with Crippen LogP contribution in [0.5, 0.6) is 0 Å². The van der Waals surface area contributed by atoms with Gasteiger partial charge in [0.05, 0.1) is 26.4 Å². The van der Waals surface area contributed by atoms with Crippen LogP contribution in [0.15, 0.2) is 97.2 Å². The molecule has 73 heavy (non-hydrogen) atoms. The van der Waals surface area contributed by atoms with Crippen LogP contribution in [0.25, 0.3) is 0 Å². The summed E-state index contributed by atoms with van der Waals surface area (Å²) in [6.45, 7) is 3.29. The Morgan fingerprint density at radius 1 is 0.452 bits per heavy atom. The van der Waals surface area contributed by atoms with Crippen molar-refractivity contribution in [1.29, 1.82) is 0 Å². The Morgan fingerprint density at radius 2 is 0.849 bits per heavy atom. The summed E-state index contributed by atoms with van der Waals surface area (Å²) >= 11 is 0. The second-order valence-corrected chi connectivity index (χ2v) is 19.0. The van der Waals surface area contributed by atoms with Crippen LogP contribution >= 0.6 is 0 Å². The molecule has 7 N–H and O–H groups in total. The van der Waals surface area contributed by atoms with E-state index in [0.29, 0.717) is 13.0 Å². The number of hydrogen-bond donors (Lipinski definition) is 7.